The second-order valence-electron chi connectivity index (χ2n) is 11.6. The van der Waals surface area contributed by atoms with E-state index in [1.165, 1.54) is 6.20 Å². The number of aromatic nitrogens is 5. The number of methoxy groups -OCH3 is 1. The number of quaternary nitrogens is 1. The molecule has 11 nitrogen and oxygen atoms in total. The Labute approximate surface area is 244 Å². The molecule has 41 heavy (non-hydrogen) atoms. The number of hydrogen-bond donors (Lipinski definition) is 1. The third-order valence-corrected chi connectivity index (χ3v) is 7.63. The zero-order chi connectivity index (χ0) is 29.5. The maximum absolute atomic E-state index is 13.1. The second kappa shape index (κ2) is 11.0. The van der Waals surface area contributed by atoms with Crippen LogP contribution in [0.1, 0.15) is 26.5 Å². The summed E-state index contributed by atoms with van der Waals surface area (Å²) in [5.74, 6) is 1.72. The predicted octanol–water partition coefficient (Wildman–Crippen LogP) is 5.33. The van der Waals surface area contributed by atoms with E-state index < -0.39 is 5.60 Å². The number of aryl methyl sites for hydroxylation is 2. The van der Waals surface area contributed by atoms with Crippen molar-refractivity contribution in [3.05, 3.63) is 47.4 Å². The first kappa shape index (κ1) is 28.8. The van der Waals surface area contributed by atoms with Crippen LogP contribution in [0.15, 0.2) is 36.7 Å². The Balaban J connectivity index is 1.34. The van der Waals surface area contributed by atoms with Crippen molar-refractivity contribution >= 4 is 34.5 Å². The number of pyridine rings is 1. The number of hydrogen-bond acceptors (Lipinski definition) is 8. The van der Waals surface area contributed by atoms with Gasteiger partial charge in [0.2, 0.25) is 0 Å². The van der Waals surface area contributed by atoms with Gasteiger partial charge in [0.25, 0.3) is 0 Å². The highest BCUT2D eigenvalue weighted by atomic mass is 35.5. The van der Waals surface area contributed by atoms with Gasteiger partial charge in [-0.15, -0.1) is 0 Å². The predicted molar refractivity (Wildman–Crippen MR) is 158 cm³/mol. The number of imidazole rings is 1. The Morgan fingerprint density at radius 3 is 2.61 bits per heavy atom. The van der Waals surface area contributed by atoms with E-state index >= 15 is 0 Å². The average molecular weight is 583 g/mol. The number of carbonyl (C=O) groups excluding carboxylic acids is 1. The van der Waals surface area contributed by atoms with E-state index in [9.17, 15) is 4.79 Å². The topological polar surface area (TPSA) is 107 Å². The maximum atomic E-state index is 13.1. The molecule has 1 unspecified atom stereocenters. The smallest absolute Gasteiger partial charge is 0.453 e. The van der Waals surface area contributed by atoms with E-state index in [0.717, 1.165) is 16.9 Å². The molecule has 0 aliphatic carbocycles. The number of rotatable bonds is 6. The number of amides is 1. The van der Waals surface area contributed by atoms with Gasteiger partial charge in [0.15, 0.2) is 11.4 Å². The molecule has 1 amide bonds. The number of piperazine rings is 1. The molecule has 0 spiro atoms. The maximum Gasteiger partial charge on any atom is 0.516 e. The molecular weight excluding hydrogens is 546 g/mol. The number of benzene rings is 1. The van der Waals surface area contributed by atoms with Crippen LogP contribution in [0.4, 0.5) is 10.5 Å². The number of fused-ring (bicyclic) bond motifs is 1. The summed E-state index contributed by atoms with van der Waals surface area (Å²) in [6.07, 6.45) is 3.21. The summed E-state index contributed by atoms with van der Waals surface area (Å²) in [6, 6.07) is 7.74. The number of aromatic amines is 1. The Morgan fingerprint density at radius 1 is 1.24 bits per heavy atom. The van der Waals surface area contributed by atoms with E-state index in [2.05, 4.69) is 25.0 Å². The highest BCUT2D eigenvalue weighted by Gasteiger charge is 2.47. The van der Waals surface area contributed by atoms with Crippen molar-refractivity contribution in [2.24, 2.45) is 7.05 Å². The number of anilines is 1. The number of nitrogens with one attached hydrogen (secondary N) is 1. The van der Waals surface area contributed by atoms with Gasteiger partial charge < -0.3 is 24.1 Å². The second-order valence-corrected chi connectivity index (χ2v) is 12.1. The van der Waals surface area contributed by atoms with Gasteiger partial charge >= 0.3 is 6.09 Å². The molecule has 218 valence electrons. The molecule has 1 saturated heterocycles. The van der Waals surface area contributed by atoms with Gasteiger partial charge in [-0.2, -0.15) is 9.89 Å². The molecule has 0 bridgehead atoms. The third kappa shape index (κ3) is 5.88. The highest BCUT2D eigenvalue weighted by molar-refractivity contribution is 6.32. The number of halogens is 1. The molecule has 5 rings (SSSR count). The van der Waals surface area contributed by atoms with Crippen molar-refractivity contribution in [2.45, 2.75) is 39.3 Å². The van der Waals surface area contributed by atoms with Crippen molar-refractivity contribution in [2.75, 3.05) is 45.3 Å². The summed E-state index contributed by atoms with van der Waals surface area (Å²) < 4.78 is 19.4. The molecule has 0 radical (unpaired) electrons. The van der Waals surface area contributed by atoms with Crippen LogP contribution in [0.25, 0.3) is 22.6 Å². The molecule has 1 fully saturated rings. The van der Waals surface area contributed by atoms with Crippen LogP contribution in [0.2, 0.25) is 5.02 Å². The fourth-order valence-corrected chi connectivity index (χ4v) is 5.28. The molecule has 2 atom stereocenters. The lowest BCUT2D eigenvalue weighted by molar-refractivity contribution is -0.866. The van der Waals surface area contributed by atoms with Gasteiger partial charge in [-0.05, 0) is 52.0 Å². The molecule has 4 aromatic rings. The van der Waals surface area contributed by atoms with E-state index in [1.807, 2.05) is 72.3 Å². The average Bonchev–Trinajstić information content (AvgIpc) is 3.49. The monoisotopic (exact) mass is 582 g/mol. The van der Waals surface area contributed by atoms with Gasteiger partial charge in [-0.3, -0.25) is 4.68 Å². The minimum Gasteiger partial charge on any atom is -0.453 e. The van der Waals surface area contributed by atoms with E-state index in [-0.39, 0.29) is 16.6 Å². The first-order valence-electron chi connectivity index (χ1n) is 13.5. The van der Waals surface area contributed by atoms with Gasteiger partial charge in [0.1, 0.15) is 46.9 Å². The fraction of sp³-hybridized carbons (Fsp3) is 0.448. The lowest BCUT2D eigenvalue weighted by atomic mass is 10.1. The molecule has 3 aromatic heterocycles. The number of likely N-dealkylation sites (N-methyl/N-ethyl adjacent to an activating group) is 1. The number of carbonyl (C=O) groups is 1. The molecule has 1 aromatic carbocycles. The Bertz CT molecular complexity index is 1560. The van der Waals surface area contributed by atoms with Gasteiger partial charge in [-0.1, -0.05) is 11.6 Å². The van der Waals surface area contributed by atoms with Crippen LogP contribution < -0.4 is 9.64 Å². The zero-order valence-electron chi connectivity index (χ0n) is 24.6. The lowest BCUT2D eigenvalue weighted by Crippen LogP contribution is -2.68. The minimum atomic E-state index is -0.554. The van der Waals surface area contributed by atoms with Crippen molar-refractivity contribution in [1.29, 1.82) is 0 Å². The molecule has 1 N–H and O–H groups in total. The first-order chi connectivity index (χ1) is 19.4. The van der Waals surface area contributed by atoms with Gasteiger partial charge in [0.05, 0.1) is 37.6 Å². The van der Waals surface area contributed by atoms with Crippen LogP contribution in [0, 0.1) is 6.92 Å². The summed E-state index contributed by atoms with van der Waals surface area (Å²) in [4.78, 5) is 27.7. The Hall–Kier alpha value is -3.67. The summed E-state index contributed by atoms with van der Waals surface area (Å²) in [5, 5.41) is 4.77. The number of nitrogens with zero attached hydrogens (tertiary/aromatic N) is 6. The third-order valence-electron chi connectivity index (χ3n) is 7.36. The van der Waals surface area contributed by atoms with Crippen LogP contribution in [-0.2, 0) is 16.5 Å². The number of H-pyrrole nitrogens is 1. The Morgan fingerprint density at radius 2 is 1.98 bits per heavy atom. The first-order valence-corrected chi connectivity index (χ1v) is 13.9. The van der Waals surface area contributed by atoms with Gasteiger partial charge in [0, 0.05) is 26.0 Å². The molecule has 1 aliphatic heterocycles. The van der Waals surface area contributed by atoms with Crippen LogP contribution >= 0.6 is 11.6 Å². The molecule has 1 aliphatic rings. The highest BCUT2D eigenvalue weighted by Crippen LogP contribution is 2.37. The van der Waals surface area contributed by atoms with Crippen LogP contribution in [-0.4, -0.2) is 87.4 Å². The SMILES string of the molecule is COC[C@H]1CN(c2ccc(Oc3c(Cl)cnc4nc(-c5cn(C)nc5C)[nH]c34)cc2)CC[N+]1(C)C(=O)OC(C)(C)C. The molecular formula is C29H37ClN7O4+. The minimum absolute atomic E-state index is 0.0820. The zero-order valence-corrected chi connectivity index (χ0v) is 25.3. The van der Waals surface area contributed by atoms with Crippen molar-refractivity contribution in [3.63, 3.8) is 0 Å². The van der Waals surface area contributed by atoms with Crippen molar-refractivity contribution < 1.29 is 23.5 Å². The molecule has 4 heterocycles. The lowest BCUT2D eigenvalue weighted by Gasteiger charge is -2.46. The summed E-state index contributed by atoms with van der Waals surface area (Å²) >= 11 is 6.52. The van der Waals surface area contributed by atoms with Gasteiger partial charge in [-0.25, -0.2) is 14.5 Å². The van der Waals surface area contributed by atoms with E-state index in [1.54, 1.807) is 11.8 Å². The van der Waals surface area contributed by atoms with Crippen molar-refractivity contribution in [1.82, 2.24) is 24.7 Å². The Kier molecular flexibility index (Phi) is 7.71. The normalized spacial score (nSPS) is 19.5. The van der Waals surface area contributed by atoms with E-state index in [0.29, 0.717) is 59.8 Å². The summed E-state index contributed by atoms with van der Waals surface area (Å²) in [5.41, 5.74) is 3.32. The van der Waals surface area contributed by atoms with Crippen LogP contribution in [0.3, 0.4) is 0 Å². The molecule has 12 heteroatoms. The summed E-state index contributed by atoms with van der Waals surface area (Å²) in [7, 11) is 5.46. The number of ether oxygens (including phenoxy) is 3. The molecule has 0 saturated carbocycles. The van der Waals surface area contributed by atoms with E-state index in [4.69, 9.17) is 25.8 Å². The summed E-state index contributed by atoms with van der Waals surface area (Å²) in [6.45, 7) is 9.97. The van der Waals surface area contributed by atoms with Crippen LogP contribution in [0.5, 0.6) is 11.5 Å². The largest absolute Gasteiger partial charge is 0.516 e. The quantitative estimate of drug-likeness (QED) is 0.304. The fourth-order valence-electron chi connectivity index (χ4n) is 5.10. The standard InChI is InChI=1S/C29H37ClN7O4/c1-18-22(16-35(5)34-18)26-32-24-25(23(30)14-31-27(24)33-26)40-21-10-8-19(9-11-21)36-12-13-37(6,20(15-36)17-39-7)28(38)41-29(2,3)4/h8-11,14,16,20H,12-13,15,17H2,1-7H3,(H,31,32,33)/q+1/t20-,37?/m1/s1. The van der Waals surface area contributed by atoms with Crippen molar-refractivity contribution in [3.8, 4) is 22.9 Å².